The van der Waals surface area contributed by atoms with E-state index in [4.69, 9.17) is 0 Å². The molecule has 5 rings (SSSR count). The Morgan fingerprint density at radius 2 is 1.75 bits per heavy atom. The maximum absolute atomic E-state index is 11.4. The number of benzene rings is 1. The fraction of sp³-hybridized carbons (Fsp3) is 0.0870. The number of rotatable bonds is 3. The summed E-state index contributed by atoms with van der Waals surface area (Å²) in [5.41, 5.74) is 7.52. The van der Waals surface area contributed by atoms with E-state index < -0.39 is 5.97 Å². The summed E-state index contributed by atoms with van der Waals surface area (Å²) in [6.07, 6.45) is 5.15. The van der Waals surface area contributed by atoms with Crippen LogP contribution in [0.4, 0.5) is 0 Å². The largest absolute Gasteiger partial charge is 0.477 e. The third kappa shape index (κ3) is 2.60. The first-order valence-corrected chi connectivity index (χ1v) is 9.16. The molecule has 0 aliphatic heterocycles. The van der Waals surface area contributed by atoms with E-state index in [0.717, 1.165) is 29.9 Å². The number of pyridine rings is 2. The van der Waals surface area contributed by atoms with Gasteiger partial charge in [0, 0.05) is 29.3 Å². The normalized spacial score (nSPS) is 12.3. The van der Waals surface area contributed by atoms with E-state index in [1.807, 2.05) is 24.3 Å². The predicted molar refractivity (Wildman–Crippen MR) is 107 cm³/mol. The first-order chi connectivity index (χ1) is 13.7. The second-order valence-electron chi connectivity index (χ2n) is 6.80. The molecule has 0 spiro atoms. The Morgan fingerprint density at radius 3 is 2.57 bits per heavy atom. The van der Waals surface area contributed by atoms with Gasteiger partial charge in [0.15, 0.2) is 0 Å². The second kappa shape index (κ2) is 6.46. The van der Waals surface area contributed by atoms with Crippen molar-refractivity contribution in [3.63, 3.8) is 0 Å². The number of aromatic carboxylic acids is 1. The molecule has 0 saturated carbocycles. The summed E-state index contributed by atoms with van der Waals surface area (Å²) in [5.74, 6) is -1.03. The lowest BCUT2D eigenvalue weighted by atomic mass is 9.90. The monoisotopic (exact) mass is 367 g/mol. The summed E-state index contributed by atoms with van der Waals surface area (Å²) in [6, 6.07) is 19.9. The van der Waals surface area contributed by atoms with Gasteiger partial charge in [-0.15, -0.1) is 0 Å². The molecule has 3 aromatic heterocycles. The average molecular weight is 367 g/mol. The van der Waals surface area contributed by atoms with Crippen LogP contribution in [0.3, 0.4) is 0 Å². The van der Waals surface area contributed by atoms with Gasteiger partial charge in [-0.25, -0.2) is 9.78 Å². The SMILES string of the molecule is O=C(O)c1cc(-n2c(-c3ccccn3)cc3c2CCc2ccccc2-3)ccn1. The van der Waals surface area contributed by atoms with Crippen LogP contribution in [0.15, 0.2) is 73.1 Å². The van der Waals surface area contributed by atoms with Gasteiger partial charge in [-0.1, -0.05) is 30.3 Å². The molecular formula is C23H17N3O2. The fourth-order valence-electron chi connectivity index (χ4n) is 3.96. The van der Waals surface area contributed by atoms with E-state index in [1.54, 1.807) is 18.5 Å². The number of hydrogen-bond acceptors (Lipinski definition) is 3. The van der Waals surface area contributed by atoms with Gasteiger partial charge in [0.1, 0.15) is 5.69 Å². The zero-order valence-electron chi connectivity index (χ0n) is 15.0. The zero-order chi connectivity index (χ0) is 19.1. The van der Waals surface area contributed by atoms with Crippen LogP contribution in [0.1, 0.15) is 21.7 Å². The summed E-state index contributed by atoms with van der Waals surface area (Å²) < 4.78 is 2.13. The highest BCUT2D eigenvalue weighted by molar-refractivity contribution is 5.86. The third-order valence-corrected chi connectivity index (χ3v) is 5.19. The van der Waals surface area contributed by atoms with E-state index in [0.29, 0.717) is 0 Å². The Morgan fingerprint density at radius 1 is 0.893 bits per heavy atom. The maximum Gasteiger partial charge on any atom is 0.354 e. The van der Waals surface area contributed by atoms with Gasteiger partial charge in [0.25, 0.3) is 0 Å². The minimum Gasteiger partial charge on any atom is -0.477 e. The summed E-state index contributed by atoms with van der Waals surface area (Å²) >= 11 is 0. The van der Waals surface area contributed by atoms with Crippen molar-refractivity contribution in [3.8, 4) is 28.2 Å². The smallest absolute Gasteiger partial charge is 0.354 e. The Kier molecular flexibility index (Phi) is 3.79. The molecule has 0 fully saturated rings. The van der Waals surface area contributed by atoms with Crippen LogP contribution in [-0.4, -0.2) is 25.6 Å². The summed E-state index contributed by atoms with van der Waals surface area (Å²) in [4.78, 5) is 20.0. The number of aryl methyl sites for hydroxylation is 1. The zero-order valence-corrected chi connectivity index (χ0v) is 15.0. The van der Waals surface area contributed by atoms with Gasteiger partial charge >= 0.3 is 5.97 Å². The molecule has 0 bridgehead atoms. The Labute approximate surface area is 162 Å². The number of hydrogen-bond donors (Lipinski definition) is 1. The minimum absolute atomic E-state index is 0.0307. The molecule has 0 radical (unpaired) electrons. The van der Waals surface area contributed by atoms with Crippen molar-refractivity contribution in [1.82, 2.24) is 14.5 Å². The quantitative estimate of drug-likeness (QED) is 0.583. The first kappa shape index (κ1) is 16.4. The minimum atomic E-state index is -1.03. The highest BCUT2D eigenvalue weighted by Crippen LogP contribution is 2.40. The van der Waals surface area contributed by atoms with Crippen LogP contribution in [-0.2, 0) is 12.8 Å². The Bertz CT molecular complexity index is 1200. The molecule has 0 unspecified atom stereocenters. The number of carboxylic acid groups (broad SMARTS) is 1. The van der Waals surface area contributed by atoms with Crippen molar-refractivity contribution < 1.29 is 9.90 Å². The molecule has 0 atom stereocenters. The molecule has 0 amide bonds. The van der Waals surface area contributed by atoms with Crippen molar-refractivity contribution in [1.29, 1.82) is 0 Å². The second-order valence-corrected chi connectivity index (χ2v) is 6.80. The molecule has 3 heterocycles. The fourth-order valence-corrected chi connectivity index (χ4v) is 3.96. The van der Waals surface area contributed by atoms with Crippen LogP contribution >= 0.6 is 0 Å². The van der Waals surface area contributed by atoms with Crippen molar-refractivity contribution >= 4 is 5.97 Å². The highest BCUT2D eigenvalue weighted by atomic mass is 16.4. The maximum atomic E-state index is 11.4. The van der Waals surface area contributed by atoms with Gasteiger partial charge in [-0.05, 0) is 54.3 Å². The van der Waals surface area contributed by atoms with Crippen LogP contribution in [0.5, 0.6) is 0 Å². The van der Waals surface area contributed by atoms with E-state index in [9.17, 15) is 9.90 Å². The van der Waals surface area contributed by atoms with Crippen molar-refractivity contribution in [2.24, 2.45) is 0 Å². The predicted octanol–water partition coefficient (Wildman–Crippen LogP) is 4.40. The number of carbonyl (C=O) groups is 1. The van der Waals surface area contributed by atoms with Gasteiger partial charge in [0.2, 0.25) is 0 Å². The molecule has 28 heavy (non-hydrogen) atoms. The highest BCUT2D eigenvalue weighted by Gasteiger charge is 2.24. The van der Waals surface area contributed by atoms with Gasteiger partial charge < -0.3 is 9.67 Å². The van der Waals surface area contributed by atoms with Crippen molar-refractivity contribution in [3.05, 3.63) is 90.0 Å². The summed E-state index contributed by atoms with van der Waals surface area (Å²) in [6.45, 7) is 0. The molecule has 0 saturated heterocycles. The molecule has 1 aromatic carbocycles. The number of fused-ring (bicyclic) bond motifs is 3. The molecule has 1 aliphatic rings. The first-order valence-electron chi connectivity index (χ1n) is 9.16. The number of aromatic nitrogens is 3. The third-order valence-electron chi connectivity index (χ3n) is 5.19. The van der Waals surface area contributed by atoms with Gasteiger partial charge in [-0.2, -0.15) is 0 Å². The topological polar surface area (TPSA) is 68.0 Å². The summed E-state index contributed by atoms with van der Waals surface area (Å²) in [7, 11) is 0. The molecular weight excluding hydrogens is 350 g/mol. The molecule has 136 valence electrons. The van der Waals surface area contributed by atoms with E-state index in [1.165, 1.54) is 22.4 Å². The van der Waals surface area contributed by atoms with E-state index in [2.05, 4.69) is 44.9 Å². The molecule has 5 heteroatoms. The van der Waals surface area contributed by atoms with E-state index >= 15 is 0 Å². The van der Waals surface area contributed by atoms with Crippen LogP contribution in [0.2, 0.25) is 0 Å². The average Bonchev–Trinajstić information content (AvgIpc) is 3.14. The Hall–Kier alpha value is -3.73. The lowest BCUT2D eigenvalue weighted by Crippen LogP contribution is -2.10. The summed E-state index contributed by atoms with van der Waals surface area (Å²) in [5, 5.41) is 9.38. The standard InChI is InChI=1S/C23H17N3O2/c27-23(28)20-13-16(10-12-25-20)26-21-9-8-15-5-1-2-6-17(15)18(21)14-22(26)19-7-3-4-11-24-19/h1-7,10-14H,8-9H2,(H,27,28). The lowest BCUT2D eigenvalue weighted by molar-refractivity contribution is 0.0690. The lowest BCUT2D eigenvalue weighted by Gasteiger charge is -2.20. The number of carboxylic acids is 1. The van der Waals surface area contributed by atoms with Gasteiger partial charge in [-0.3, -0.25) is 4.98 Å². The molecule has 1 N–H and O–H groups in total. The van der Waals surface area contributed by atoms with Crippen molar-refractivity contribution in [2.45, 2.75) is 12.8 Å². The molecule has 1 aliphatic carbocycles. The van der Waals surface area contributed by atoms with Gasteiger partial charge in [0.05, 0.1) is 11.4 Å². The molecule has 4 aromatic rings. The van der Waals surface area contributed by atoms with E-state index in [-0.39, 0.29) is 5.69 Å². The molecule has 5 nitrogen and oxygen atoms in total. The number of nitrogens with zero attached hydrogens (tertiary/aromatic N) is 3. The van der Waals surface area contributed by atoms with Crippen molar-refractivity contribution in [2.75, 3.05) is 0 Å². The Balaban J connectivity index is 1.80. The van der Waals surface area contributed by atoms with Crippen LogP contribution in [0, 0.1) is 0 Å². The van der Waals surface area contributed by atoms with Crippen LogP contribution < -0.4 is 0 Å². The van der Waals surface area contributed by atoms with Crippen LogP contribution in [0.25, 0.3) is 28.2 Å².